The molecule has 1 aromatic heterocycles. The van der Waals surface area contributed by atoms with Gasteiger partial charge in [0, 0.05) is 18.0 Å². The van der Waals surface area contributed by atoms with E-state index in [1.807, 2.05) is 6.07 Å². The van der Waals surface area contributed by atoms with Gasteiger partial charge >= 0.3 is 5.63 Å². The van der Waals surface area contributed by atoms with Gasteiger partial charge in [-0.1, -0.05) is 19.3 Å². The van der Waals surface area contributed by atoms with Crippen molar-refractivity contribution in [2.24, 2.45) is 0 Å². The average Bonchev–Trinajstić information content (AvgIpc) is 2.43. The zero-order valence-electron chi connectivity index (χ0n) is 13.7. The highest BCUT2D eigenvalue weighted by Gasteiger charge is 2.13. The van der Waals surface area contributed by atoms with Crippen molar-refractivity contribution in [2.75, 3.05) is 13.1 Å². The van der Waals surface area contributed by atoms with Crippen LogP contribution in [0, 0.1) is 13.8 Å². The van der Waals surface area contributed by atoms with Crippen LogP contribution in [0.3, 0.4) is 0 Å². The topological polar surface area (TPSA) is 33.5 Å². The highest BCUT2D eigenvalue weighted by atomic mass is 16.4. The Balaban J connectivity index is 1.94. The smallest absolute Gasteiger partial charge is 0.336 e. The van der Waals surface area contributed by atoms with Gasteiger partial charge in [-0.2, -0.15) is 0 Å². The van der Waals surface area contributed by atoms with E-state index in [9.17, 15) is 4.79 Å². The number of nitrogens with zero attached hydrogens (tertiary/aromatic N) is 1. The lowest BCUT2D eigenvalue weighted by atomic mass is 10.0. The Labute approximate surface area is 131 Å². The minimum atomic E-state index is -0.238. The van der Waals surface area contributed by atoms with E-state index in [1.165, 1.54) is 43.2 Å². The van der Waals surface area contributed by atoms with Crippen LogP contribution in [0.25, 0.3) is 11.0 Å². The molecule has 0 amide bonds. The van der Waals surface area contributed by atoms with Crippen molar-refractivity contribution >= 4 is 11.0 Å². The second-order valence-corrected chi connectivity index (χ2v) is 6.57. The highest BCUT2D eigenvalue weighted by molar-refractivity contribution is 5.81. The van der Waals surface area contributed by atoms with Crippen LogP contribution in [0.5, 0.6) is 0 Å². The van der Waals surface area contributed by atoms with Crippen LogP contribution in [0.15, 0.2) is 27.4 Å². The van der Waals surface area contributed by atoms with Gasteiger partial charge in [-0.3, -0.25) is 4.90 Å². The molecule has 0 bridgehead atoms. The lowest BCUT2D eigenvalue weighted by molar-refractivity contribution is 0.240. The molecule has 0 saturated carbocycles. The summed E-state index contributed by atoms with van der Waals surface area (Å²) in [4.78, 5) is 14.4. The summed E-state index contributed by atoms with van der Waals surface area (Å²) < 4.78 is 5.40. The van der Waals surface area contributed by atoms with Gasteiger partial charge in [-0.05, 0) is 68.6 Å². The predicted molar refractivity (Wildman–Crippen MR) is 90.3 cm³/mol. The molecule has 1 aliphatic heterocycles. The molecule has 0 unspecified atom stereocenters. The van der Waals surface area contributed by atoms with E-state index < -0.39 is 0 Å². The van der Waals surface area contributed by atoms with Crippen LogP contribution in [-0.4, -0.2) is 18.0 Å². The van der Waals surface area contributed by atoms with Gasteiger partial charge in [0.05, 0.1) is 0 Å². The van der Waals surface area contributed by atoms with Crippen molar-refractivity contribution in [1.82, 2.24) is 4.90 Å². The number of rotatable bonds is 2. The minimum absolute atomic E-state index is 0.238. The van der Waals surface area contributed by atoms with Gasteiger partial charge in [-0.25, -0.2) is 4.79 Å². The fourth-order valence-corrected chi connectivity index (χ4v) is 3.33. The van der Waals surface area contributed by atoms with E-state index in [4.69, 9.17) is 4.42 Å². The summed E-state index contributed by atoms with van der Waals surface area (Å²) in [5.74, 6) is 0. The summed E-state index contributed by atoms with van der Waals surface area (Å²) in [6.45, 7) is 7.28. The van der Waals surface area contributed by atoms with Crippen LogP contribution >= 0.6 is 0 Å². The maximum Gasteiger partial charge on any atom is 0.336 e. The third-order valence-electron chi connectivity index (χ3n) is 4.79. The Morgan fingerprint density at radius 3 is 2.32 bits per heavy atom. The Morgan fingerprint density at radius 1 is 0.955 bits per heavy atom. The van der Waals surface area contributed by atoms with Gasteiger partial charge < -0.3 is 4.42 Å². The standard InChI is InChI=1S/C19H25NO2/c1-14-10-17-16(12-19(21)22-18(17)11-15(14)2)13-20-8-6-4-3-5-7-9-20/h10-12H,3-9,13H2,1-2H3. The SMILES string of the molecule is Cc1cc2oc(=O)cc(CN3CCCCCCC3)c2cc1C. The maximum absolute atomic E-state index is 11.9. The molecule has 0 radical (unpaired) electrons. The van der Waals surface area contributed by atoms with Crippen LogP contribution in [0.2, 0.25) is 0 Å². The molecule has 1 saturated heterocycles. The number of benzene rings is 1. The molecule has 1 aromatic carbocycles. The second-order valence-electron chi connectivity index (χ2n) is 6.57. The third-order valence-corrected chi connectivity index (χ3v) is 4.79. The monoisotopic (exact) mass is 299 g/mol. The molecule has 0 atom stereocenters. The van der Waals surface area contributed by atoms with E-state index >= 15 is 0 Å². The van der Waals surface area contributed by atoms with Crippen molar-refractivity contribution in [1.29, 1.82) is 0 Å². The van der Waals surface area contributed by atoms with Gasteiger partial charge in [0.15, 0.2) is 0 Å². The van der Waals surface area contributed by atoms with Gasteiger partial charge in [0.1, 0.15) is 5.58 Å². The molecule has 2 aromatic rings. The maximum atomic E-state index is 11.9. The lowest BCUT2D eigenvalue weighted by Gasteiger charge is -2.25. The van der Waals surface area contributed by atoms with E-state index in [2.05, 4.69) is 24.8 Å². The first kappa shape index (κ1) is 15.3. The fourth-order valence-electron chi connectivity index (χ4n) is 3.33. The molecule has 118 valence electrons. The summed E-state index contributed by atoms with van der Waals surface area (Å²) in [5.41, 5.74) is 4.00. The molecular formula is C19H25NO2. The van der Waals surface area contributed by atoms with E-state index in [1.54, 1.807) is 6.07 Å². The van der Waals surface area contributed by atoms with Crippen LogP contribution in [0.1, 0.15) is 48.8 Å². The number of aryl methyl sites for hydroxylation is 2. The molecule has 1 aliphatic rings. The Hall–Kier alpha value is -1.61. The summed E-state index contributed by atoms with van der Waals surface area (Å²) in [5, 5.41) is 1.09. The molecular weight excluding hydrogens is 274 g/mol. The summed E-state index contributed by atoms with van der Waals surface area (Å²) in [6.07, 6.45) is 6.54. The van der Waals surface area contributed by atoms with E-state index in [0.717, 1.165) is 36.2 Å². The van der Waals surface area contributed by atoms with Crippen LogP contribution in [-0.2, 0) is 6.54 Å². The quantitative estimate of drug-likeness (QED) is 0.780. The number of fused-ring (bicyclic) bond motifs is 1. The van der Waals surface area contributed by atoms with Crippen molar-refractivity contribution < 1.29 is 4.42 Å². The summed E-state index contributed by atoms with van der Waals surface area (Å²) in [7, 11) is 0. The Morgan fingerprint density at radius 2 is 1.59 bits per heavy atom. The van der Waals surface area contributed by atoms with Crippen molar-refractivity contribution in [2.45, 2.75) is 52.5 Å². The van der Waals surface area contributed by atoms with Crippen molar-refractivity contribution in [3.8, 4) is 0 Å². The van der Waals surface area contributed by atoms with E-state index in [-0.39, 0.29) is 5.63 Å². The minimum Gasteiger partial charge on any atom is -0.423 e. The summed E-state index contributed by atoms with van der Waals surface area (Å²) in [6, 6.07) is 5.83. The van der Waals surface area contributed by atoms with E-state index in [0.29, 0.717) is 0 Å². The van der Waals surface area contributed by atoms with Crippen LogP contribution in [0.4, 0.5) is 0 Å². The second kappa shape index (κ2) is 6.66. The highest BCUT2D eigenvalue weighted by Crippen LogP contribution is 2.23. The molecule has 1 fully saturated rings. The Kier molecular flexibility index (Phi) is 4.63. The normalized spacial score (nSPS) is 17.4. The largest absolute Gasteiger partial charge is 0.423 e. The lowest BCUT2D eigenvalue weighted by Crippen LogP contribution is -2.27. The summed E-state index contributed by atoms with van der Waals surface area (Å²) >= 11 is 0. The molecule has 0 N–H and O–H groups in total. The molecule has 3 heteroatoms. The first-order valence-corrected chi connectivity index (χ1v) is 8.40. The van der Waals surface area contributed by atoms with Gasteiger partial charge in [0.2, 0.25) is 0 Å². The van der Waals surface area contributed by atoms with Gasteiger partial charge in [0.25, 0.3) is 0 Å². The molecule has 3 rings (SSSR count). The Bertz CT molecular complexity index is 709. The number of hydrogen-bond acceptors (Lipinski definition) is 3. The van der Waals surface area contributed by atoms with Crippen molar-refractivity contribution in [3.63, 3.8) is 0 Å². The zero-order valence-corrected chi connectivity index (χ0v) is 13.7. The molecule has 3 nitrogen and oxygen atoms in total. The number of likely N-dealkylation sites (tertiary alicyclic amines) is 1. The number of hydrogen-bond donors (Lipinski definition) is 0. The first-order chi connectivity index (χ1) is 10.6. The third kappa shape index (κ3) is 3.41. The zero-order chi connectivity index (χ0) is 15.5. The molecule has 2 heterocycles. The molecule has 0 spiro atoms. The van der Waals surface area contributed by atoms with Crippen molar-refractivity contribution in [3.05, 3.63) is 45.3 Å². The predicted octanol–water partition coefficient (Wildman–Crippen LogP) is 4.18. The first-order valence-electron chi connectivity index (χ1n) is 8.40. The molecule has 22 heavy (non-hydrogen) atoms. The molecule has 0 aliphatic carbocycles. The van der Waals surface area contributed by atoms with Gasteiger partial charge in [-0.15, -0.1) is 0 Å². The average molecular weight is 299 g/mol. The fraction of sp³-hybridized carbons (Fsp3) is 0.526. The van der Waals surface area contributed by atoms with Crippen LogP contribution < -0.4 is 5.63 Å².